The van der Waals surface area contributed by atoms with Crippen LogP contribution in [0.25, 0.3) is 0 Å². The summed E-state index contributed by atoms with van der Waals surface area (Å²) in [7, 11) is 6.02. The van der Waals surface area contributed by atoms with Crippen molar-refractivity contribution < 1.29 is 0 Å². The van der Waals surface area contributed by atoms with Crippen LogP contribution >= 0.6 is 0 Å². The molecule has 0 unspecified atom stereocenters. The summed E-state index contributed by atoms with van der Waals surface area (Å²) in [5, 5.41) is 11.0. The Balaban J connectivity index is 2.77. The first kappa shape index (κ1) is 18.9. The summed E-state index contributed by atoms with van der Waals surface area (Å²) in [6.45, 7) is 7.67. The Labute approximate surface area is 139 Å². The number of aromatic nitrogens is 2. The third kappa shape index (κ3) is 6.65. The van der Waals surface area contributed by atoms with Gasteiger partial charge in [-0.3, -0.25) is 0 Å². The molecule has 1 heterocycles. The molecule has 0 spiro atoms. The Bertz CT molecular complexity index is 558. The zero-order chi connectivity index (χ0) is 17.6. The van der Waals surface area contributed by atoms with Crippen LogP contribution in [0, 0.1) is 10.8 Å². The number of nitrogens with two attached hydrogens (primary N) is 1. The molecule has 0 aliphatic heterocycles. The third-order valence-electron chi connectivity index (χ3n) is 3.25. The second kappa shape index (κ2) is 7.92. The monoisotopic (exact) mass is 319 g/mol. The van der Waals surface area contributed by atoms with Gasteiger partial charge in [0.1, 0.15) is 11.6 Å². The molecular weight excluding hydrogens is 290 g/mol. The largest absolute Gasteiger partial charge is 0.385 e. The third-order valence-corrected chi connectivity index (χ3v) is 3.25. The summed E-state index contributed by atoms with van der Waals surface area (Å²) in [6.07, 6.45) is 3.32. The number of nitrogens with zero attached hydrogens (tertiary/aromatic N) is 4. The first-order valence-electron chi connectivity index (χ1n) is 7.61. The van der Waals surface area contributed by atoms with Gasteiger partial charge in [-0.05, 0) is 26.2 Å². The minimum atomic E-state index is -0.241. The summed E-state index contributed by atoms with van der Waals surface area (Å²) in [6, 6.07) is 1.75. The molecule has 23 heavy (non-hydrogen) atoms. The summed E-state index contributed by atoms with van der Waals surface area (Å²) in [5.41, 5.74) is 6.17. The SMILES string of the molecule is CN(C)CCN(C)c1nccc(N/C(N)=C\C(=N)C(C)(C)C)n1. The molecule has 1 rings (SSSR count). The second-order valence-corrected chi connectivity index (χ2v) is 6.86. The number of hydrogen-bond acceptors (Lipinski definition) is 7. The molecule has 0 aromatic carbocycles. The molecule has 4 N–H and O–H groups in total. The maximum absolute atomic E-state index is 8.00. The highest BCUT2D eigenvalue weighted by molar-refractivity contribution is 5.97. The number of nitrogens with one attached hydrogen (secondary N) is 2. The first-order chi connectivity index (χ1) is 10.6. The number of allylic oxidation sites excluding steroid dienone is 1. The lowest BCUT2D eigenvalue weighted by atomic mass is 9.90. The lowest BCUT2D eigenvalue weighted by molar-refractivity contribution is 0.415. The van der Waals surface area contributed by atoms with Crippen LogP contribution in [0.5, 0.6) is 0 Å². The van der Waals surface area contributed by atoms with Gasteiger partial charge in [-0.2, -0.15) is 4.98 Å². The molecule has 1 aromatic heterocycles. The summed E-state index contributed by atoms with van der Waals surface area (Å²) < 4.78 is 0. The van der Waals surface area contributed by atoms with Crippen molar-refractivity contribution in [1.29, 1.82) is 5.41 Å². The highest BCUT2D eigenvalue weighted by Gasteiger charge is 2.15. The van der Waals surface area contributed by atoms with E-state index in [1.807, 2.05) is 46.8 Å². The molecule has 0 aliphatic carbocycles. The van der Waals surface area contributed by atoms with E-state index >= 15 is 0 Å². The predicted molar refractivity (Wildman–Crippen MR) is 96.9 cm³/mol. The van der Waals surface area contributed by atoms with Gasteiger partial charge < -0.3 is 26.3 Å². The Morgan fingerprint density at radius 1 is 1.30 bits per heavy atom. The molecule has 0 aliphatic rings. The van der Waals surface area contributed by atoms with Gasteiger partial charge in [0.15, 0.2) is 0 Å². The van der Waals surface area contributed by atoms with Crippen LogP contribution in [-0.2, 0) is 0 Å². The lowest BCUT2D eigenvalue weighted by Crippen LogP contribution is -2.29. The Morgan fingerprint density at radius 3 is 2.52 bits per heavy atom. The fourth-order valence-corrected chi connectivity index (χ4v) is 1.61. The number of anilines is 2. The molecule has 0 fully saturated rings. The number of rotatable bonds is 7. The van der Waals surface area contributed by atoms with Crippen LogP contribution in [-0.4, -0.2) is 54.8 Å². The van der Waals surface area contributed by atoms with E-state index in [4.69, 9.17) is 11.1 Å². The van der Waals surface area contributed by atoms with E-state index in [1.54, 1.807) is 18.3 Å². The lowest BCUT2D eigenvalue weighted by Gasteiger charge is -2.20. The predicted octanol–water partition coefficient (Wildman–Crippen LogP) is 1.75. The molecule has 0 saturated carbocycles. The smallest absolute Gasteiger partial charge is 0.227 e. The van der Waals surface area contributed by atoms with E-state index in [0.717, 1.165) is 13.1 Å². The summed E-state index contributed by atoms with van der Waals surface area (Å²) >= 11 is 0. The van der Waals surface area contributed by atoms with Gasteiger partial charge in [0, 0.05) is 37.5 Å². The van der Waals surface area contributed by atoms with Crippen LogP contribution in [0.1, 0.15) is 20.8 Å². The Kier molecular flexibility index (Phi) is 6.50. The summed E-state index contributed by atoms with van der Waals surface area (Å²) in [4.78, 5) is 12.8. The van der Waals surface area contributed by atoms with Crippen LogP contribution in [0.3, 0.4) is 0 Å². The van der Waals surface area contributed by atoms with E-state index in [-0.39, 0.29) is 5.41 Å². The zero-order valence-corrected chi connectivity index (χ0v) is 15.0. The molecule has 0 atom stereocenters. The fourth-order valence-electron chi connectivity index (χ4n) is 1.61. The maximum atomic E-state index is 8.00. The average Bonchev–Trinajstić information content (AvgIpc) is 2.43. The minimum Gasteiger partial charge on any atom is -0.385 e. The van der Waals surface area contributed by atoms with Gasteiger partial charge in [-0.1, -0.05) is 20.8 Å². The zero-order valence-electron chi connectivity index (χ0n) is 15.0. The Hall–Kier alpha value is -2.15. The minimum absolute atomic E-state index is 0.241. The standard InChI is InChI=1S/C16H29N7/c1-16(2,3)12(17)11-13(18)20-14-7-8-19-15(21-14)23(6)10-9-22(4)5/h7-8,11,17H,9-10,18H2,1-6H3,(H,19,20,21)/b13-11-,17-12?. The normalized spacial score (nSPS) is 12.4. The average molecular weight is 319 g/mol. The van der Waals surface area contributed by atoms with E-state index in [9.17, 15) is 0 Å². The number of likely N-dealkylation sites (N-methyl/N-ethyl adjacent to an activating group) is 2. The topological polar surface area (TPSA) is 94.2 Å². The summed E-state index contributed by atoms with van der Waals surface area (Å²) in [5.74, 6) is 1.64. The van der Waals surface area contributed by atoms with Gasteiger partial charge in [-0.15, -0.1) is 0 Å². The highest BCUT2D eigenvalue weighted by Crippen LogP contribution is 2.16. The van der Waals surface area contributed by atoms with Gasteiger partial charge >= 0.3 is 0 Å². The molecule has 0 saturated heterocycles. The van der Waals surface area contributed by atoms with Crippen molar-refractivity contribution in [3.63, 3.8) is 0 Å². The van der Waals surface area contributed by atoms with E-state index < -0.39 is 0 Å². The maximum Gasteiger partial charge on any atom is 0.227 e. The van der Waals surface area contributed by atoms with Crippen LogP contribution < -0.4 is 16.0 Å². The molecule has 0 bridgehead atoms. The highest BCUT2D eigenvalue weighted by atomic mass is 15.3. The van der Waals surface area contributed by atoms with Crippen molar-refractivity contribution in [3.05, 3.63) is 24.2 Å². The fraction of sp³-hybridized carbons (Fsp3) is 0.562. The molecule has 128 valence electrons. The first-order valence-corrected chi connectivity index (χ1v) is 7.61. The van der Waals surface area contributed by atoms with Crippen molar-refractivity contribution in [3.8, 4) is 0 Å². The molecule has 0 radical (unpaired) electrons. The van der Waals surface area contributed by atoms with Gasteiger partial charge in [-0.25, -0.2) is 4.98 Å². The second-order valence-electron chi connectivity index (χ2n) is 6.86. The number of hydrogen-bond donors (Lipinski definition) is 3. The quantitative estimate of drug-likeness (QED) is 0.663. The molecule has 7 heteroatoms. The van der Waals surface area contributed by atoms with Crippen molar-refractivity contribution in [2.24, 2.45) is 11.1 Å². The van der Waals surface area contributed by atoms with E-state index in [0.29, 0.717) is 23.3 Å². The molecule has 7 nitrogen and oxygen atoms in total. The molecule has 1 aromatic rings. The van der Waals surface area contributed by atoms with Gasteiger partial charge in [0.2, 0.25) is 5.95 Å². The van der Waals surface area contributed by atoms with E-state index in [1.165, 1.54) is 0 Å². The van der Waals surface area contributed by atoms with Crippen molar-refractivity contribution in [2.45, 2.75) is 20.8 Å². The van der Waals surface area contributed by atoms with Crippen molar-refractivity contribution >= 4 is 17.5 Å². The van der Waals surface area contributed by atoms with Crippen LogP contribution in [0.4, 0.5) is 11.8 Å². The van der Waals surface area contributed by atoms with Gasteiger partial charge in [0.05, 0.1) is 0 Å². The van der Waals surface area contributed by atoms with Crippen molar-refractivity contribution in [1.82, 2.24) is 14.9 Å². The van der Waals surface area contributed by atoms with Gasteiger partial charge in [0.25, 0.3) is 0 Å². The molecule has 0 amide bonds. The van der Waals surface area contributed by atoms with Crippen LogP contribution in [0.2, 0.25) is 0 Å². The van der Waals surface area contributed by atoms with Crippen molar-refractivity contribution in [2.75, 3.05) is 44.4 Å². The van der Waals surface area contributed by atoms with Crippen LogP contribution in [0.15, 0.2) is 24.2 Å². The Morgan fingerprint density at radius 2 is 1.96 bits per heavy atom. The molecular formula is C16H29N7. The van der Waals surface area contributed by atoms with E-state index in [2.05, 4.69) is 20.2 Å².